The van der Waals surface area contributed by atoms with E-state index >= 15 is 0 Å². The molecule has 5 nitrogen and oxygen atoms in total. The quantitative estimate of drug-likeness (QED) is 0.498. The van der Waals surface area contributed by atoms with Crippen LogP contribution in [-0.2, 0) is 17.8 Å². The van der Waals surface area contributed by atoms with Crippen LogP contribution in [0.2, 0.25) is 0 Å². The van der Waals surface area contributed by atoms with Crippen molar-refractivity contribution in [2.45, 2.75) is 25.8 Å². The fourth-order valence-corrected chi connectivity index (χ4v) is 4.47. The average Bonchev–Trinajstić information content (AvgIpc) is 3.08. The highest BCUT2D eigenvalue weighted by atomic mass is 16.2. The molecule has 1 aromatic heterocycles. The minimum Gasteiger partial charge on any atom is -0.312 e. The molecule has 31 heavy (non-hydrogen) atoms. The lowest BCUT2D eigenvalue weighted by Gasteiger charge is -2.17. The maximum absolute atomic E-state index is 13.4. The van der Waals surface area contributed by atoms with Gasteiger partial charge in [-0.25, -0.2) is 4.98 Å². The smallest absolute Gasteiger partial charge is 0.261 e. The first-order chi connectivity index (χ1) is 15.2. The van der Waals surface area contributed by atoms with Crippen LogP contribution in [0, 0.1) is 0 Å². The van der Waals surface area contributed by atoms with Crippen molar-refractivity contribution in [1.82, 2.24) is 9.55 Å². The summed E-state index contributed by atoms with van der Waals surface area (Å²) in [5.74, 6) is 0.363. The van der Waals surface area contributed by atoms with Crippen molar-refractivity contribution < 1.29 is 4.79 Å². The zero-order valence-electron chi connectivity index (χ0n) is 17.4. The maximum atomic E-state index is 13.4. The molecule has 3 aromatic carbocycles. The van der Waals surface area contributed by atoms with E-state index in [1.165, 1.54) is 0 Å². The summed E-state index contributed by atoms with van der Waals surface area (Å²) >= 11 is 0. The van der Waals surface area contributed by atoms with E-state index in [4.69, 9.17) is 4.98 Å². The standard InChI is InChI=1S/C26H23N3O2/c1-2-28-23-15-9-7-12-19(23)21(26(28)31)16-24-27-22-14-8-6-13-20(22)25(30)29(24)17-18-10-4-3-5-11-18/h3-15,21H,2,16-17H2,1H3/t21-/m0/s1. The van der Waals surface area contributed by atoms with Gasteiger partial charge in [-0.3, -0.25) is 14.2 Å². The second-order valence-electron chi connectivity index (χ2n) is 7.82. The molecule has 0 radical (unpaired) electrons. The number of carbonyl (C=O) groups is 1. The van der Waals surface area contributed by atoms with Crippen molar-refractivity contribution in [2.24, 2.45) is 0 Å². The van der Waals surface area contributed by atoms with Crippen LogP contribution in [-0.4, -0.2) is 22.0 Å². The molecule has 0 unspecified atom stereocenters. The van der Waals surface area contributed by atoms with Gasteiger partial charge < -0.3 is 4.90 Å². The Morgan fingerprint density at radius 2 is 1.58 bits per heavy atom. The van der Waals surface area contributed by atoms with E-state index in [0.717, 1.165) is 16.8 Å². The van der Waals surface area contributed by atoms with Crippen LogP contribution in [0.5, 0.6) is 0 Å². The van der Waals surface area contributed by atoms with Gasteiger partial charge in [0.2, 0.25) is 5.91 Å². The van der Waals surface area contributed by atoms with Gasteiger partial charge in [0.05, 0.1) is 23.4 Å². The first kappa shape index (κ1) is 19.2. The van der Waals surface area contributed by atoms with Gasteiger partial charge in [0, 0.05) is 18.7 Å². The number of nitrogens with zero attached hydrogens (tertiary/aromatic N) is 3. The van der Waals surface area contributed by atoms with Gasteiger partial charge in [0.15, 0.2) is 0 Å². The monoisotopic (exact) mass is 409 g/mol. The molecule has 0 saturated carbocycles. The topological polar surface area (TPSA) is 55.2 Å². The Balaban J connectivity index is 1.63. The van der Waals surface area contributed by atoms with Gasteiger partial charge in [0.1, 0.15) is 5.82 Å². The molecule has 0 bridgehead atoms. The number of hydrogen-bond donors (Lipinski definition) is 0. The van der Waals surface area contributed by atoms with E-state index < -0.39 is 0 Å². The average molecular weight is 409 g/mol. The number of carbonyl (C=O) groups excluding carboxylic acids is 1. The summed E-state index contributed by atoms with van der Waals surface area (Å²) in [7, 11) is 0. The second-order valence-corrected chi connectivity index (χ2v) is 7.82. The number of para-hydroxylation sites is 2. The summed E-state index contributed by atoms with van der Waals surface area (Å²) < 4.78 is 1.72. The van der Waals surface area contributed by atoms with Crippen LogP contribution in [0.1, 0.15) is 29.8 Å². The van der Waals surface area contributed by atoms with Crippen molar-refractivity contribution in [3.05, 3.63) is 106 Å². The number of benzene rings is 3. The van der Waals surface area contributed by atoms with Gasteiger partial charge >= 0.3 is 0 Å². The first-order valence-electron chi connectivity index (χ1n) is 10.6. The molecule has 1 atom stereocenters. The summed E-state index contributed by atoms with van der Waals surface area (Å²) in [6.45, 7) is 3.03. The SMILES string of the molecule is CCN1C(=O)[C@@H](Cc2nc3ccccc3c(=O)n2Cc2ccccc2)c2ccccc21. The van der Waals surface area contributed by atoms with Crippen LogP contribution >= 0.6 is 0 Å². The van der Waals surface area contributed by atoms with Crippen molar-refractivity contribution >= 4 is 22.5 Å². The van der Waals surface area contributed by atoms with Gasteiger partial charge in [-0.2, -0.15) is 0 Å². The number of aromatic nitrogens is 2. The molecule has 0 saturated heterocycles. The minimum absolute atomic E-state index is 0.0670. The molecular weight excluding hydrogens is 386 g/mol. The predicted octanol–water partition coefficient (Wildman–Crippen LogP) is 4.14. The summed E-state index contributed by atoms with van der Waals surface area (Å²) in [5.41, 5.74) is 3.57. The zero-order chi connectivity index (χ0) is 21.4. The highest BCUT2D eigenvalue weighted by Gasteiger charge is 2.37. The Morgan fingerprint density at radius 3 is 2.39 bits per heavy atom. The fourth-order valence-electron chi connectivity index (χ4n) is 4.47. The van der Waals surface area contributed by atoms with Gasteiger partial charge in [0.25, 0.3) is 5.56 Å². The molecule has 154 valence electrons. The third kappa shape index (κ3) is 3.32. The molecule has 2 heterocycles. The Labute approximate surface area is 180 Å². The highest BCUT2D eigenvalue weighted by Crippen LogP contribution is 2.38. The molecule has 1 aliphatic heterocycles. The van der Waals surface area contributed by atoms with Crippen molar-refractivity contribution in [3.8, 4) is 0 Å². The number of fused-ring (bicyclic) bond motifs is 2. The Kier molecular flexibility index (Phi) is 4.86. The van der Waals surface area contributed by atoms with Gasteiger partial charge in [-0.1, -0.05) is 60.7 Å². The van der Waals surface area contributed by atoms with E-state index in [-0.39, 0.29) is 17.4 Å². The normalized spacial score (nSPS) is 15.5. The summed E-state index contributed by atoms with van der Waals surface area (Å²) in [6, 6.07) is 25.2. The Hall–Kier alpha value is -3.73. The lowest BCUT2D eigenvalue weighted by atomic mass is 9.96. The highest BCUT2D eigenvalue weighted by molar-refractivity contribution is 6.05. The summed E-state index contributed by atoms with van der Waals surface area (Å²) in [6.07, 6.45) is 0.388. The van der Waals surface area contributed by atoms with Crippen molar-refractivity contribution in [1.29, 1.82) is 0 Å². The molecular formula is C26H23N3O2. The number of anilines is 1. The third-order valence-electron chi connectivity index (χ3n) is 5.99. The maximum Gasteiger partial charge on any atom is 0.261 e. The van der Waals surface area contributed by atoms with E-state index in [1.54, 1.807) is 4.57 Å². The van der Waals surface area contributed by atoms with Crippen LogP contribution in [0.3, 0.4) is 0 Å². The minimum atomic E-state index is -0.341. The Morgan fingerprint density at radius 1 is 0.871 bits per heavy atom. The van der Waals surface area contributed by atoms with Crippen LogP contribution in [0.15, 0.2) is 83.7 Å². The zero-order valence-corrected chi connectivity index (χ0v) is 17.4. The largest absolute Gasteiger partial charge is 0.312 e. The summed E-state index contributed by atoms with van der Waals surface area (Å²) in [4.78, 5) is 33.3. The number of rotatable bonds is 5. The predicted molar refractivity (Wildman–Crippen MR) is 122 cm³/mol. The molecule has 0 aliphatic carbocycles. The number of amides is 1. The van der Waals surface area contributed by atoms with E-state index in [0.29, 0.717) is 36.2 Å². The molecule has 0 fully saturated rings. The van der Waals surface area contributed by atoms with E-state index in [9.17, 15) is 9.59 Å². The Bertz CT molecular complexity index is 1330. The lowest BCUT2D eigenvalue weighted by Crippen LogP contribution is -2.31. The van der Waals surface area contributed by atoms with Crippen molar-refractivity contribution in [3.63, 3.8) is 0 Å². The van der Waals surface area contributed by atoms with Gasteiger partial charge in [-0.05, 0) is 36.2 Å². The van der Waals surface area contributed by atoms with Gasteiger partial charge in [-0.15, -0.1) is 0 Å². The summed E-state index contributed by atoms with van der Waals surface area (Å²) in [5, 5.41) is 0.593. The number of hydrogen-bond acceptors (Lipinski definition) is 3. The molecule has 0 N–H and O–H groups in total. The van der Waals surface area contributed by atoms with E-state index in [2.05, 4.69) is 0 Å². The van der Waals surface area contributed by atoms with Crippen LogP contribution in [0.4, 0.5) is 5.69 Å². The van der Waals surface area contributed by atoms with Crippen LogP contribution in [0.25, 0.3) is 10.9 Å². The molecule has 5 heteroatoms. The molecule has 1 aliphatic rings. The molecule has 4 aromatic rings. The first-order valence-corrected chi connectivity index (χ1v) is 10.6. The van der Waals surface area contributed by atoms with E-state index in [1.807, 2.05) is 90.7 Å². The molecule has 0 spiro atoms. The van der Waals surface area contributed by atoms with Crippen LogP contribution < -0.4 is 10.5 Å². The molecule has 5 rings (SSSR count). The lowest BCUT2D eigenvalue weighted by molar-refractivity contribution is -0.119. The third-order valence-corrected chi connectivity index (χ3v) is 5.99. The molecule has 1 amide bonds. The van der Waals surface area contributed by atoms with Crippen molar-refractivity contribution in [2.75, 3.05) is 11.4 Å². The number of likely N-dealkylation sites (N-methyl/N-ethyl adjacent to an activating group) is 1. The fraction of sp³-hybridized carbons (Fsp3) is 0.192. The second kappa shape index (κ2) is 7.84.